The van der Waals surface area contributed by atoms with Gasteiger partial charge < -0.3 is 20.3 Å². The van der Waals surface area contributed by atoms with E-state index in [1.807, 2.05) is 30.3 Å². The molecule has 0 fully saturated rings. The van der Waals surface area contributed by atoms with Crippen LogP contribution in [-0.2, 0) is 11.3 Å². The summed E-state index contributed by atoms with van der Waals surface area (Å²) >= 11 is 0. The second-order valence-corrected chi connectivity index (χ2v) is 5.81. The zero-order chi connectivity index (χ0) is 25.3. The van der Waals surface area contributed by atoms with Crippen molar-refractivity contribution in [2.24, 2.45) is 0 Å². The third kappa shape index (κ3) is 4.16. The summed E-state index contributed by atoms with van der Waals surface area (Å²) in [6, 6.07) is 5.10. The summed E-state index contributed by atoms with van der Waals surface area (Å²) < 4.78 is 55.8. The molecular formula is C19H24N6O2. The first-order valence-corrected chi connectivity index (χ1v) is 8.32. The van der Waals surface area contributed by atoms with Gasteiger partial charge >= 0.3 is 5.97 Å². The topological polar surface area (TPSA) is 105 Å². The molecule has 8 heteroatoms. The number of hydrogen-bond donors (Lipinski definition) is 3. The van der Waals surface area contributed by atoms with E-state index in [2.05, 4.69) is 25.6 Å². The molecule has 1 atom stereocenters. The summed E-state index contributed by atoms with van der Waals surface area (Å²) in [6.07, 6.45) is 1.12. The Kier molecular flexibility index (Phi) is 3.43. The van der Waals surface area contributed by atoms with Crippen molar-refractivity contribution in [1.82, 2.24) is 19.5 Å². The summed E-state index contributed by atoms with van der Waals surface area (Å²) in [6.45, 7) is -4.61. The number of nitrogens with one attached hydrogen (secondary N) is 2. The maximum absolute atomic E-state index is 11.5. The summed E-state index contributed by atoms with van der Waals surface area (Å²) in [4.78, 5) is 24.1. The van der Waals surface area contributed by atoms with Crippen LogP contribution < -0.4 is 10.6 Å². The van der Waals surface area contributed by atoms with Crippen molar-refractivity contribution in [2.45, 2.75) is 45.7 Å². The number of nitrogens with zero attached hydrogens (tertiary/aromatic N) is 4. The van der Waals surface area contributed by atoms with Crippen molar-refractivity contribution in [1.29, 1.82) is 0 Å². The van der Waals surface area contributed by atoms with Crippen LogP contribution in [-0.4, -0.2) is 36.6 Å². The average Bonchev–Trinajstić information content (AvgIpc) is 3.18. The minimum absolute atomic E-state index is 0.0370. The van der Waals surface area contributed by atoms with E-state index in [9.17, 15) is 9.90 Å². The Bertz CT molecular complexity index is 1150. The third-order valence-electron chi connectivity index (χ3n) is 3.95. The molecule has 0 bridgehead atoms. The second-order valence-electron chi connectivity index (χ2n) is 5.81. The molecule has 0 aliphatic rings. The standard InChI is InChI=1S/C19H24N6O2/c1-4-14(18(26)27)22-19-23-16(20-10-13-8-6-5-7-9-13)15-17(24-19)25(11-21-15)12(2)3/h5-9,11-12,14H,4,10H2,1-3H3,(H,26,27)(H2,20,22,23,24)/t14-/m1/s1/i2D3,3D3,12D. The minimum atomic E-state index is -3.27. The first-order chi connectivity index (χ1) is 15.8. The summed E-state index contributed by atoms with van der Waals surface area (Å²) in [5, 5.41) is 15.1. The number of benzene rings is 1. The van der Waals surface area contributed by atoms with Gasteiger partial charge in [-0.1, -0.05) is 37.3 Å². The van der Waals surface area contributed by atoms with Gasteiger partial charge in [0.1, 0.15) is 6.04 Å². The summed E-state index contributed by atoms with van der Waals surface area (Å²) in [7, 11) is 0. The zero-order valence-corrected chi connectivity index (χ0v) is 14.6. The van der Waals surface area contributed by atoms with Gasteiger partial charge in [-0.05, 0) is 25.7 Å². The maximum atomic E-state index is 11.5. The highest BCUT2D eigenvalue weighted by Crippen LogP contribution is 2.24. The normalized spacial score (nSPS) is 17.4. The SMILES string of the molecule is [2H]C([2H])([2H])C([2H])(n1cnc2c(NCc3ccccc3)nc(N[C@H](CC)C(=O)O)nc21)C([2H])([2H])[2H]. The number of fused-ring (bicyclic) bond motifs is 1. The van der Waals surface area contributed by atoms with Crippen molar-refractivity contribution in [3.63, 3.8) is 0 Å². The van der Waals surface area contributed by atoms with Gasteiger partial charge in [0.25, 0.3) is 0 Å². The van der Waals surface area contributed by atoms with Crippen molar-refractivity contribution < 1.29 is 19.5 Å². The molecule has 0 spiro atoms. The van der Waals surface area contributed by atoms with Crippen LogP contribution in [0.3, 0.4) is 0 Å². The highest BCUT2D eigenvalue weighted by molar-refractivity contribution is 5.85. The molecule has 2 heterocycles. The molecule has 0 aliphatic carbocycles. The molecule has 3 N–H and O–H groups in total. The van der Waals surface area contributed by atoms with E-state index in [-0.39, 0.29) is 29.4 Å². The van der Waals surface area contributed by atoms with Crippen molar-refractivity contribution in [3.05, 3.63) is 42.2 Å². The molecule has 0 amide bonds. The number of hydrogen-bond acceptors (Lipinski definition) is 6. The smallest absolute Gasteiger partial charge is 0.326 e. The monoisotopic (exact) mass is 375 g/mol. The van der Waals surface area contributed by atoms with Crippen LogP contribution in [0.1, 0.15) is 48.2 Å². The third-order valence-corrected chi connectivity index (χ3v) is 3.95. The first-order valence-electron chi connectivity index (χ1n) is 11.8. The molecule has 142 valence electrons. The highest BCUT2D eigenvalue weighted by Gasteiger charge is 2.19. The lowest BCUT2D eigenvalue weighted by Gasteiger charge is -2.15. The summed E-state index contributed by atoms with van der Waals surface area (Å²) in [5.74, 6) is -1.22. The number of anilines is 2. The molecule has 27 heavy (non-hydrogen) atoms. The molecule has 0 saturated carbocycles. The number of imidazole rings is 1. The van der Waals surface area contributed by atoms with Crippen molar-refractivity contribution in [2.75, 3.05) is 10.6 Å². The quantitative estimate of drug-likeness (QED) is 0.555. The van der Waals surface area contributed by atoms with Gasteiger partial charge in [0.15, 0.2) is 17.0 Å². The van der Waals surface area contributed by atoms with Gasteiger partial charge in [0.2, 0.25) is 5.95 Å². The molecule has 0 radical (unpaired) electrons. The van der Waals surface area contributed by atoms with E-state index >= 15 is 0 Å². The fourth-order valence-electron chi connectivity index (χ4n) is 2.53. The van der Waals surface area contributed by atoms with Gasteiger partial charge in [-0.3, -0.25) is 0 Å². The molecule has 1 aromatic carbocycles. The van der Waals surface area contributed by atoms with Crippen LogP contribution >= 0.6 is 0 Å². The Morgan fingerprint density at radius 2 is 2.11 bits per heavy atom. The number of carboxylic acid groups (broad SMARTS) is 1. The van der Waals surface area contributed by atoms with Gasteiger partial charge in [-0.2, -0.15) is 9.97 Å². The van der Waals surface area contributed by atoms with Crippen LogP contribution in [0.15, 0.2) is 36.7 Å². The van der Waals surface area contributed by atoms with E-state index in [4.69, 9.17) is 9.60 Å². The van der Waals surface area contributed by atoms with Gasteiger partial charge in [-0.15, -0.1) is 0 Å². The molecule has 3 aromatic rings. The van der Waals surface area contributed by atoms with Gasteiger partial charge in [-0.25, -0.2) is 9.78 Å². The number of carbonyl (C=O) groups is 1. The van der Waals surface area contributed by atoms with Crippen LogP contribution in [0.25, 0.3) is 11.2 Å². The van der Waals surface area contributed by atoms with E-state index in [1.165, 1.54) is 0 Å². The van der Waals surface area contributed by atoms with Crippen molar-refractivity contribution >= 4 is 28.9 Å². The lowest BCUT2D eigenvalue weighted by Crippen LogP contribution is -2.29. The van der Waals surface area contributed by atoms with Crippen LogP contribution in [0.2, 0.25) is 0 Å². The summed E-state index contributed by atoms with van der Waals surface area (Å²) in [5.41, 5.74) is 0.686. The van der Waals surface area contributed by atoms with E-state index in [0.717, 1.165) is 11.9 Å². The van der Waals surface area contributed by atoms with Gasteiger partial charge in [0, 0.05) is 20.8 Å². The van der Waals surface area contributed by atoms with Crippen LogP contribution in [0.5, 0.6) is 0 Å². The van der Waals surface area contributed by atoms with E-state index in [1.54, 1.807) is 6.92 Å². The second kappa shape index (κ2) is 8.03. The van der Waals surface area contributed by atoms with Gasteiger partial charge in [0.05, 0.1) is 7.70 Å². The fourth-order valence-corrected chi connectivity index (χ4v) is 2.53. The molecular weight excluding hydrogens is 344 g/mol. The maximum Gasteiger partial charge on any atom is 0.326 e. The number of aromatic nitrogens is 4. The Hall–Kier alpha value is -3.16. The molecule has 8 nitrogen and oxygen atoms in total. The van der Waals surface area contributed by atoms with Crippen LogP contribution in [0.4, 0.5) is 11.8 Å². The average molecular weight is 375 g/mol. The first kappa shape index (κ1) is 11.5. The predicted octanol–water partition coefficient (Wildman–Crippen LogP) is 3.29. The van der Waals surface area contributed by atoms with E-state index in [0.29, 0.717) is 11.1 Å². The molecule has 2 aromatic heterocycles. The number of rotatable bonds is 8. The Morgan fingerprint density at radius 3 is 2.78 bits per heavy atom. The molecule has 0 aliphatic heterocycles. The lowest BCUT2D eigenvalue weighted by atomic mass is 10.2. The zero-order valence-electron chi connectivity index (χ0n) is 21.6. The number of carboxylic acids is 1. The Morgan fingerprint density at radius 1 is 1.33 bits per heavy atom. The minimum Gasteiger partial charge on any atom is -0.480 e. The fraction of sp³-hybridized carbons (Fsp3) is 0.368. The Balaban J connectivity index is 2.19. The molecule has 0 unspecified atom stereocenters. The lowest BCUT2D eigenvalue weighted by molar-refractivity contribution is -0.138. The predicted molar refractivity (Wildman–Crippen MR) is 105 cm³/mol. The molecule has 0 saturated heterocycles. The van der Waals surface area contributed by atoms with E-state index < -0.39 is 31.7 Å². The van der Waals surface area contributed by atoms with Crippen LogP contribution in [0, 0.1) is 0 Å². The largest absolute Gasteiger partial charge is 0.480 e. The highest BCUT2D eigenvalue weighted by atomic mass is 16.4. The van der Waals surface area contributed by atoms with Crippen molar-refractivity contribution in [3.8, 4) is 0 Å². The Labute approximate surface area is 167 Å². The molecule has 3 rings (SSSR count). The number of aliphatic carboxylic acids is 1.